The first kappa shape index (κ1) is 24.1. The van der Waals surface area contributed by atoms with Crippen molar-refractivity contribution in [2.75, 3.05) is 7.11 Å². The topological polar surface area (TPSA) is 26.3 Å². The molecule has 2 aromatic rings. The number of carbonyl (C=O) groups is 1. The molecule has 0 N–H and O–H groups in total. The molecule has 2 aromatic carbocycles. The van der Waals surface area contributed by atoms with Crippen molar-refractivity contribution in [2.45, 2.75) is 49.0 Å². The van der Waals surface area contributed by atoms with Gasteiger partial charge in [-0.15, -0.1) is 0 Å². The number of hydrogen-bond donors (Lipinski definition) is 0. The first-order valence-corrected chi connectivity index (χ1v) is 7.47. The Morgan fingerprint density at radius 3 is 1.83 bits per heavy atom. The van der Waals surface area contributed by atoms with Crippen LogP contribution in [0.15, 0.2) is 30.3 Å². The second kappa shape index (κ2) is 10.6. The lowest BCUT2D eigenvalue weighted by atomic mass is 9.97. The summed E-state index contributed by atoms with van der Waals surface area (Å²) < 4.78 is 5.05. The summed E-state index contributed by atoms with van der Waals surface area (Å²) in [6.07, 6.45) is 0. The summed E-state index contributed by atoms with van der Waals surface area (Å²) in [5.41, 5.74) is 7.01. The van der Waals surface area contributed by atoms with Crippen LogP contribution in [0.25, 0.3) is 0 Å². The van der Waals surface area contributed by atoms with Crippen LogP contribution in [0.5, 0.6) is 5.75 Å². The molecule has 0 heterocycles. The zero-order valence-electron chi connectivity index (χ0n) is 15.1. The Labute approximate surface area is 146 Å². The maximum atomic E-state index is 11.1. The standard InChI is InChI=1S/C11H14O.C9H12O.CH4.FH/c1-7-5-6-11(10(4)12)9(3)8(7)2;1-7-4-5-9(10-3)6-8(7)2;;/h5-6H,1-4H3;4-6H,1-3H3;1H4;1H. The largest absolute Gasteiger partial charge is 0.497 e. The minimum absolute atomic E-state index is 0. The van der Waals surface area contributed by atoms with Gasteiger partial charge in [-0.2, -0.15) is 0 Å². The number of Topliss-reactive ketones (excluding diaryl/α,β-unsaturated/α-hetero) is 1. The molecule has 0 amide bonds. The summed E-state index contributed by atoms with van der Waals surface area (Å²) in [5, 5.41) is 0. The van der Waals surface area contributed by atoms with Crippen LogP contribution in [0.1, 0.15) is 52.5 Å². The van der Waals surface area contributed by atoms with Gasteiger partial charge in [-0.05, 0) is 81.5 Å². The molecule has 0 spiro atoms. The SMILES string of the molecule is C.CC(=O)c1ccc(C)c(C)c1C.COc1ccc(C)c(C)c1.F. The Hall–Kier alpha value is -2.16. The Kier molecular flexibility index (Phi) is 10.6. The van der Waals surface area contributed by atoms with Crippen molar-refractivity contribution in [1.29, 1.82) is 0 Å². The fourth-order valence-electron chi connectivity index (χ4n) is 2.18. The van der Waals surface area contributed by atoms with E-state index in [-0.39, 0.29) is 17.9 Å². The van der Waals surface area contributed by atoms with Crippen LogP contribution in [0, 0.1) is 34.6 Å². The predicted octanol–water partition coefficient (Wildman–Crippen LogP) is 5.92. The number of hydrogen-bond acceptors (Lipinski definition) is 2. The van der Waals surface area contributed by atoms with E-state index in [0.717, 1.165) is 16.9 Å². The van der Waals surface area contributed by atoms with Gasteiger partial charge in [0.15, 0.2) is 5.78 Å². The Balaban J connectivity index is 0. The van der Waals surface area contributed by atoms with Crippen molar-refractivity contribution in [3.05, 3.63) is 63.7 Å². The summed E-state index contributed by atoms with van der Waals surface area (Å²) >= 11 is 0. The number of methoxy groups -OCH3 is 1. The molecule has 0 aliphatic heterocycles. The van der Waals surface area contributed by atoms with Gasteiger partial charge >= 0.3 is 0 Å². The van der Waals surface area contributed by atoms with Gasteiger partial charge in [0.25, 0.3) is 0 Å². The van der Waals surface area contributed by atoms with Crippen LogP contribution >= 0.6 is 0 Å². The molecule has 0 aliphatic carbocycles. The van der Waals surface area contributed by atoms with E-state index in [4.69, 9.17) is 4.74 Å². The minimum Gasteiger partial charge on any atom is -0.497 e. The van der Waals surface area contributed by atoms with E-state index in [1.165, 1.54) is 22.3 Å². The van der Waals surface area contributed by atoms with Crippen LogP contribution in [0.2, 0.25) is 0 Å². The molecule has 0 fully saturated rings. The highest BCUT2D eigenvalue weighted by Crippen LogP contribution is 2.17. The number of benzene rings is 2. The first-order chi connectivity index (χ1) is 10.3. The van der Waals surface area contributed by atoms with Crippen LogP contribution in [0.4, 0.5) is 4.70 Å². The second-order valence-electron chi connectivity index (χ2n) is 5.69. The number of ketones is 1. The smallest absolute Gasteiger partial charge is 0.160 e. The van der Waals surface area contributed by atoms with E-state index >= 15 is 0 Å². The van der Waals surface area contributed by atoms with Crippen molar-refractivity contribution in [3.63, 3.8) is 0 Å². The van der Waals surface area contributed by atoms with Gasteiger partial charge in [0, 0.05) is 5.56 Å². The third kappa shape index (κ3) is 6.15. The number of rotatable bonds is 2. The fourth-order valence-corrected chi connectivity index (χ4v) is 2.18. The molecule has 24 heavy (non-hydrogen) atoms. The van der Waals surface area contributed by atoms with Gasteiger partial charge < -0.3 is 4.74 Å². The summed E-state index contributed by atoms with van der Waals surface area (Å²) in [5.74, 6) is 1.08. The molecule has 0 radical (unpaired) electrons. The summed E-state index contributed by atoms with van der Waals surface area (Å²) in [6, 6.07) is 9.98. The molecule has 0 aromatic heterocycles. The van der Waals surface area contributed by atoms with Crippen LogP contribution in [-0.2, 0) is 0 Å². The van der Waals surface area contributed by atoms with Gasteiger partial charge in [0.05, 0.1) is 7.11 Å². The Morgan fingerprint density at radius 1 is 0.833 bits per heavy atom. The van der Waals surface area contributed by atoms with E-state index in [1.54, 1.807) is 14.0 Å². The molecule has 3 heteroatoms. The number of halogens is 1. The van der Waals surface area contributed by atoms with E-state index < -0.39 is 0 Å². The van der Waals surface area contributed by atoms with Crippen molar-refractivity contribution in [3.8, 4) is 5.75 Å². The number of aryl methyl sites for hydroxylation is 3. The zero-order valence-corrected chi connectivity index (χ0v) is 15.1. The first-order valence-electron chi connectivity index (χ1n) is 7.47. The van der Waals surface area contributed by atoms with Crippen molar-refractivity contribution >= 4 is 5.78 Å². The highest BCUT2D eigenvalue weighted by Gasteiger charge is 2.06. The summed E-state index contributed by atoms with van der Waals surface area (Å²) in [6.45, 7) is 11.9. The number of carbonyl (C=O) groups excluding carboxylic acids is 1. The molecule has 2 nitrogen and oxygen atoms in total. The highest BCUT2D eigenvalue weighted by molar-refractivity contribution is 5.95. The third-order valence-corrected chi connectivity index (χ3v) is 4.15. The van der Waals surface area contributed by atoms with E-state index in [0.29, 0.717) is 0 Å². The van der Waals surface area contributed by atoms with Crippen molar-refractivity contribution < 1.29 is 14.2 Å². The lowest BCUT2D eigenvalue weighted by molar-refractivity contribution is 0.101. The van der Waals surface area contributed by atoms with E-state index in [1.807, 2.05) is 31.2 Å². The molecule has 0 unspecified atom stereocenters. The maximum Gasteiger partial charge on any atom is 0.160 e. The summed E-state index contributed by atoms with van der Waals surface area (Å²) in [7, 11) is 1.68. The van der Waals surface area contributed by atoms with Crippen molar-refractivity contribution in [2.24, 2.45) is 0 Å². The second-order valence-corrected chi connectivity index (χ2v) is 5.69. The van der Waals surface area contributed by atoms with Crippen LogP contribution in [-0.4, -0.2) is 12.9 Å². The number of ether oxygens (including phenoxy) is 1. The van der Waals surface area contributed by atoms with Crippen LogP contribution in [0.3, 0.4) is 0 Å². The molecule has 0 saturated heterocycles. The molecule has 2 rings (SSSR count). The molecule has 0 aliphatic rings. The monoisotopic (exact) mass is 334 g/mol. The highest BCUT2D eigenvalue weighted by atomic mass is 19.0. The van der Waals surface area contributed by atoms with Gasteiger partial charge in [0.1, 0.15) is 5.75 Å². The van der Waals surface area contributed by atoms with Gasteiger partial charge in [-0.25, -0.2) is 0 Å². The Morgan fingerprint density at radius 2 is 1.38 bits per heavy atom. The molecular weight excluding hydrogens is 303 g/mol. The molecule has 0 bridgehead atoms. The summed E-state index contributed by atoms with van der Waals surface area (Å²) in [4.78, 5) is 11.1. The fraction of sp³-hybridized carbons (Fsp3) is 0.381. The van der Waals surface area contributed by atoms with Gasteiger partial charge in [-0.3, -0.25) is 9.50 Å². The van der Waals surface area contributed by atoms with Gasteiger partial charge in [0.2, 0.25) is 0 Å². The van der Waals surface area contributed by atoms with Crippen molar-refractivity contribution in [1.82, 2.24) is 0 Å². The quantitative estimate of drug-likeness (QED) is 0.638. The lowest BCUT2D eigenvalue weighted by Gasteiger charge is -2.07. The van der Waals surface area contributed by atoms with E-state index in [2.05, 4.69) is 33.8 Å². The van der Waals surface area contributed by atoms with E-state index in [9.17, 15) is 4.79 Å². The zero-order chi connectivity index (χ0) is 16.9. The molecule has 0 atom stereocenters. The average molecular weight is 334 g/mol. The molecule has 0 saturated carbocycles. The lowest BCUT2D eigenvalue weighted by Crippen LogP contribution is -1.99. The predicted molar refractivity (Wildman–Crippen MR) is 102 cm³/mol. The third-order valence-electron chi connectivity index (χ3n) is 4.15. The Bertz CT molecular complexity index is 676. The minimum atomic E-state index is 0. The molecular formula is C21H31FO2. The normalized spacial score (nSPS) is 8.96. The van der Waals surface area contributed by atoms with Crippen LogP contribution < -0.4 is 4.74 Å². The maximum absolute atomic E-state index is 11.1. The molecule has 134 valence electrons. The van der Waals surface area contributed by atoms with Gasteiger partial charge in [-0.1, -0.05) is 25.6 Å². The average Bonchev–Trinajstić information content (AvgIpc) is 2.48.